The molecule has 0 N–H and O–H groups in total. The first-order chi connectivity index (χ1) is 14.6. The van der Waals surface area contributed by atoms with Crippen molar-refractivity contribution < 1.29 is 4.39 Å². The molecule has 5 aromatic rings. The first kappa shape index (κ1) is 18.3. The second kappa shape index (κ2) is 7.27. The van der Waals surface area contributed by atoms with E-state index < -0.39 is 5.56 Å². The Morgan fingerprint density at radius 1 is 0.967 bits per heavy atom. The van der Waals surface area contributed by atoms with Gasteiger partial charge >= 0.3 is 0 Å². The van der Waals surface area contributed by atoms with Gasteiger partial charge in [-0.25, -0.2) is 4.39 Å². The van der Waals surface area contributed by atoms with Gasteiger partial charge in [0.1, 0.15) is 11.5 Å². The van der Waals surface area contributed by atoms with Crippen LogP contribution >= 0.6 is 11.3 Å². The molecule has 0 radical (unpaired) electrons. The molecular weight excluding hydrogens is 401 g/mol. The molecule has 0 atom stereocenters. The maximum Gasteiger partial charge on any atom is 0.296 e. The van der Waals surface area contributed by atoms with E-state index in [1.807, 2.05) is 42.5 Å². The number of thiazole rings is 1. The molecule has 146 valence electrons. The van der Waals surface area contributed by atoms with Crippen molar-refractivity contribution in [3.8, 4) is 0 Å². The molecule has 7 heteroatoms. The van der Waals surface area contributed by atoms with Crippen LogP contribution in [-0.2, 0) is 6.42 Å². The van der Waals surface area contributed by atoms with Crippen LogP contribution in [0.3, 0.4) is 0 Å². The summed E-state index contributed by atoms with van der Waals surface area (Å²) in [7, 11) is 0. The number of hydrogen-bond donors (Lipinski definition) is 0. The highest BCUT2D eigenvalue weighted by atomic mass is 32.1. The molecule has 0 aliphatic heterocycles. The lowest BCUT2D eigenvalue weighted by molar-refractivity contribution is 0.627. The summed E-state index contributed by atoms with van der Waals surface area (Å²) in [5, 5.41) is 6.35. The summed E-state index contributed by atoms with van der Waals surface area (Å²) in [4.78, 5) is 29.6. The van der Waals surface area contributed by atoms with Gasteiger partial charge in [0.15, 0.2) is 0 Å². The van der Waals surface area contributed by atoms with Crippen LogP contribution in [0.4, 0.5) is 4.39 Å². The average Bonchev–Trinajstić information content (AvgIpc) is 3.04. The van der Waals surface area contributed by atoms with Gasteiger partial charge in [-0.05, 0) is 40.1 Å². The van der Waals surface area contributed by atoms with E-state index >= 15 is 0 Å². The minimum Gasteiger partial charge on any atom is -0.266 e. The number of rotatable bonds is 3. The maximum atomic E-state index is 13.1. The second-order valence-corrected chi connectivity index (χ2v) is 7.85. The Balaban J connectivity index is 1.64. The van der Waals surface area contributed by atoms with E-state index in [-0.39, 0.29) is 28.5 Å². The smallest absolute Gasteiger partial charge is 0.266 e. The molecule has 0 bridgehead atoms. The van der Waals surface area contributed by atoms with Crippen molar-refractivity contribution in [3.05, 3.63) is 115 Å². The minimum atomic E-state index is -0.489. The minimum absolute atomic E-state index is 0.144. The van der Waals surface area contributed by atoms with Crippen LogP contribution in [0.2, 0.25) is 0 Å². The second-order valence-electron chi connectivity index (χ2n) is 6.85. The topological polar surface area (TPSA) is 64.3 Å². The lowest BCUT2D eigenvalue weighted by Crippen LogP contribution is -2.28. The van der Waals surface area contributed by atoms with Crippen molar-refractivity contribution in [2.75, 3.05) is 0 Å². The largest absolute Gasteiger partial charge is 0.296 e. The Bertz CT molecular complexity index is 1570. The molecule has 0 aliphatic carbocycles. The fourth-order valence-electron chi connectivity index (χ4n) is 3.37. The molecule has 2 aromatic heterocycles. The van der Waals surface area contributed by atoms with Crippen LogP contribution in [0.25, 0.3) is 21.8 Å². The quantitative estimate of drug-likeness (QED) is 0.455. The summed E-state index contributed by atoms with van der Waals surface area (Å²) < 4.78 is 14.7. The lowest BCUT2D eigenvalue weighted by atomic mass is 10.0. The molecule has 0 unspecified atom stereocenters. The van der Waals surface area contributed by atoms with Crippen LogP contribution in [-0.4, -0.2) is 14.6 Å². The van der Waals surface area contributed by atoms with Crippen molar-refractivity contribution in [3.63, 3.8) is 0 Å². The number of nitrogens with zero attached hydrogens (tertiary/aromatic N) is 3. The van der Waals surface area contributed by atoms with Gasteiger partial charge in [-0.3, -0.25) is 9.59 Å². The lowest BCUT2D eigenvalue weighted by Gasteiger charge is -2.00. The van der Waals surface area contributed by atoms with Crippen LogP contribution in [0.15, 0.2) is 76.3 Å². The molecule has 0 aliphatic rings. The van der Waals surface area contributed by atoms with Crippen molar-refractivity contribution in [2.24, 2.45) is 0 Å². The third-order valence-electron chi connectivity index (χ3n) is 4.85. The Hall–Kier alpha value is -3.71. The van der Waals surface area contributed by atoms with E-state index in [0.717, 1.165) is 27.7 Å². The molecule has 0 saturated heterocycles. The molecule has 5 nitrogen and oxygen atoms in total. The molecule has 2 heterocycles. The monoisotopic (exact) mass is 415 g/mol. The standard InChI is InChI=1S/C23H14FN3O2S/c24-17-10-8-14(9-11-17)12-19-21(28)25-23-27(26-19)22(29)20(30-23)13-16-6-3-5-15-4-1-2-7-18(15)16/h1-11,13H,12H2. The molecule has 0 fully saturated rings. The van der Waals surface area contributed by atoms with Gasteiger partial charge in [0.25, 0.3) is 11.1 Å². The Labute approximate surface area is 173 Å². The third kappa shape index (κ3) is 3.29. The summed E-state index contributed by atoms with van der Waals surface area (Å²) in [6.07, 6.45) is 1.97. The zero-order valence-corrected chi connectivity index (χ0v) is 16.4. The van der Waals surface area contributed by atoms with Crippen molar-refractivity contribution in [1.29, 1.82) is 0 Å². The van der Waals surface area contributed by atoms with Gasteiger partial charge < -0.3 is 0 Å². The first-order valence-corrected chi connectivity index (χ1v) is 10.1. The van der Waals surface area contributed by atoms with E-state index in [9.17, 15) is 14.0 Å². The summed E-state index contributed by atoms with van der Waals surface area (Å²) >= 11 is 1.13. The van der Waals surface area contributed by atoms with E-state index in [1.165, 1.54) is 16.6 Å². The van der Waals surface area contributed by atoms with E-state index in [1.54, 1.807) is 18.2 Å². The van der Waals surface area contributed by atoms with Gasteiger partial charge in [-0.1, -0.05) is 65.9 Å². The van der Waals surface area contributed by atoms with Gasteiger partial charge in [0.2, 0.25) is 4.96 Å². The first-order valence-electron chi connectivity index (χ1n) is 9.25. The Kier molecular flexibility index (Phi) is 4.44. The highest BCUT2D eigenvalue weighted by Crippen LogP contribution is 2.19. The van der Waals surface area contributed by atoms with Gasteiger partial charge in [-0.2, -0.15) is 14.6 Å². The predicted octanol–water partition coefficient (Wildman–Crippen LogP) is 2.94. The van der Waals surface area contributed by atoms with E-state index in [0.29, 0.717) is 10.1 Å². The Morgan fingerprint density at radius 2 is 1.73 bits per heavy atom. The van der Waals surface area contributed by atoms with Crippen LogP contribution in [0, 0.1) is 5.82 Å². The summed E-state index contributed by atoms with van der Waals surface area (Å²) in [6.45, 7) is 0. The molecule has 0 saturated carbocycles. The fraction of sp³-hybridized carbons (Fsp3) is 0.0435. The number of benzene rings is 3. The van der Waals surface area contributed by atoms with Crippen molar-refractivity contribution >= 4 is 33.1 Å². The van der Waals surface area contributed by atoms with Crippen molar-refractivity contribution in [2.45, 2.75) is 6.42 Å². The third-order valence-corrected chi connectivity index (χ3v) is 5.80. The average molecular weight is 415 g/mol. The zero-order chi connectivity index (χ0) is 20.7. The summed E-state index contributed by atoms with van der Waals surface area (Å²) in [5.41, 5.74) is 0.956. The van der Waals surface area contributed by atoms with Gasteiger partial charge in [0, 0.05) is 6.42 Å². The molecule has 0 spiro atoms. The van der Waals surface area contributed by atoms with Crippen LogP contribution < -0.4 is 15.7 Å². The predicted molar refractivity (Wildman–Crippen MR) is 115 cm³/mol. The van der Waals surface area contributed by atoms with Gasteiger partial charge in [-0.15, -0.1) is 0 Å². The van der Waals surface area contributed by atoms with Crippen molar-refractivity contribution in [1.82, 2.24) is 14.6 Å². The summed E-state index contributed by atoms with van der Waals surface area (Å²) in [5.74, 6) is -0.356. The zero-order valence-electron chi connectivity index (χ0n) is 15.6. The molecule has 5 rings (SSSR count). The number of fused-ring (bicyclic) bond motifs is 2. The van der Waals surface area contributed by atoms with Crippen LogP contribution in [0.5, 0.6) is 0 Å². The van der Waals surface area contributed by atoms with E-state index in [4.69, 9.17) is 0 Å². The highest BCUT2D eigenvalue weighted by Gasteiger charge is 2.12. The maximum absolute atomic E-state index is 13.1. The molecule has 3 aromatic carbocycles. The van der Waals surface area contributed by atoms with Gasteiger partial charge in [0.05, 0.1) is 4.53 Å². The SMILES string of the molecule is O=c1nc2sc(=Cc3cccc4ccccc34)c(=O)n2nc1Cc1ccc(F)cc1. The number of halogens is 1. The fourth-order valence-corrected chi connectivity index (χ4v) is 4.26. The number of aromatic nitrogens is 3. The van der Waals surface area contributed by atoms with E-state index in [2.05, 4.69) is 10.1 Å². The normalized spacial score (nSPS) is 12.1. The molecular formula is C23H14FN3O2S. The summed E-state index contributed by atoms with van der Waals surface area (Å²) in [6, 6.07) is 19.6. The molecule has 30 heavy (non-hydrogen) atoms. The number of hydrogen-bond acceptors (Lipinski definition) is 5. The highest BCUT2D eigenvalue weighted by molar-refractivity contribution is 7.15. The molecule has 0 amide bonds. The van der Waals surface area contributed by atoms with Crippen LogP contribution in [0.1, 0.15) is 16.8 Å². The Morgan fingerprint density at radius 3 is 2.57 bits per heavy atom.